The van der Waals surface area contributed by atoms with Gasteiger partial charge in [-0.3, -0.25) is 20.1 Å². The fourth-order valence-electron chi connectivity index (χ4n) is 5.25. The number of aliphatic carboxylic acids is 1. The summed E-state index contributed by atoms with van der Waals surface area (Å²) in [5.74, 6) is -0.934. The lowest BCUT2D eigenvalue weighted by molar-refractivity contribution is -0.152. The van der Waals surface area contributed by atoms with Crippen molar-refractivity contribution in [3.63, 3.8) is 0 Å². The molecule has 0 aliphatic heterocycles. The molecule has 158 valence electrons. The summed E-state index contributed by atoms with van der Waals surface area (Å²) in [7, 11) is 0. The first kappa shape index (κ1) is 21.5. The summed E-state index contributed by atoms with van der Waals surface area (Å²) in [5, 5.41) is 22.5. The lowest BCUT2D eigenvalue weighted by atomic mass is 9.67. The van der Waals surface area contributed by atoms with Crippen LogP contribution in [0.25, 0.3) is 6.08 Å². The Balaban J connectivity index is 1.80. The molecule has 2 saturated carbocycles. The Hall–Kier alpha value is -2.18. The zero-order chi connectivity index (χ0) is 20.7. The predicted octanol–water partition coefficient (Wildman–Crippen LogP) is 3.89. The van der Waals surface area contributed by atoms with Crippen molar-refractivity contribution in [2.45, 2.75) is 69.9 Å². The van der Waals surface area contributed by atoms with Crippen LogP contribution in [0.2, 0.25) is 0 Å². The third-order valence-corrected chi connectivity index (χ3v) is 6.68. The van der Waals surface area contributed by atoms with Crippen molar-refractivity contribution in [3.8, 4) is 0 Å². The van der Waals surface area contributed by atoms with Crippen molar-refractivity contribution in [1.29, 1.82) is 0 Å². The third kappa shape index (κ3) is 5.06. The number of carbonyl (C=O) groups excluding carboxylic acids is 1. The molecule has 2 fully saturated rings. The maximum atomic E-state index is 12.7. The molecule has 0 heterocycles. The largest absolute Gasteiger partial charge is 0.480 e. The SMILES string of the molecule is O=C(/C=C/c1cccc(CN[C@](C(=O)O)(C2CCCCC2)C2CCCC2)c1)NO. The summed E-state index contributed by atoms with van der Waals surface area (Å²) in [6.07, 6.45) is 12.5. The fraction of sp³-hybridized carbons (Fsp3) is 0.565. The molecule has 0 aromatic heterocycles. The van der Waals surface area contributed by atoms with E-state index >= 15 is 0 Å². The van der Waals surface area contributed by atoms with Gasteiger partial charge in [0, 0.05) is 12.6 Å². The van der Waals surface area contributed by atoms with E-state index in [-0.39, 0.29) is 11.8 Å². The lowest BCUT2D eigenvalue weighted by Crippen LogP contribution is -2.62. The average molecular weight is 401 g/mol. The Morgan fingerprint density at radius 3 is 2.24 bits per heavy atom. The Bertz CT molecular complexity index is 736. The minimum atomic E-state index is -0.862. The number of carbonyl (C=O) groups is 2. The maximum absolute atomic E-state index is 12.7. The van der Waals surface area contributed by atoms with Crippen LogP contribution in [0.5, 0.6) is 0 Å². The van der Waals surface area contributed by atoms with E-state index in [9.17, 15) is 14.7 Å². The van der Waals surface area contributed by atoms with Crippen molar-refractivity contribution in [2.24, 2.45) is 11.8 Å². The number of carboxylic acid groups (broad SMARTS) is 1. The highest BCUT2D eigenvalue weighted by atomic mass is 16.5. The van der Waals surface area contributed by atoms with Crippen molar-refractivity contribution in [2.75, 3.05) is 0 Å². The molecule has 2 aliphatic carbocycles. The first-order chi connectivity index (χ1) is 14.1. The van der Waals surface area contributed by atoms with E-state index in [0.29, 0.717) is 6.54 Å². The lowest BCUT2D eigenvalue weighted by Gasteiger charge is -2.44. The number of benzene rings is 1. The molecule has 1 amide bonds. The van der Waals surface area contributed by atoms with E-state index in [0.717, 1.165) is 62.5 Å². The molecule has 3 rings (SSSR count). The summed E-state index contributed by atoms with van der Waals surface area (Å²) in [4.78, 5) is 23.9. The average Bonchev–Trinajstić information content (AvgIpc) is 3.28. The van der Waals surface area contributed by atoms with Crippen molar-refractivity contribution >= 4 is 18.0 Å². The van der Waals surface area contributed by atoms with Gasteiger partial charge in [0.05, 0.1) is 0 Å². The smallest absolute Gasteiger partial charge is 0.324 e. The summed E-state index contributed by atoms with van der Waals surface area (Å²) < 4.78 is 0. The van der Waals surface area contributed by atoms with Gasteiger partial charge < -0.3 is 5.11 Å². The zero-order valence-corrected chi connectivity index (χ0v) is 16.9. The zero-order valence-electron chi connectivity index (χ0n) is 16.9. The van der Waals surface area contributed by atoms with E-state index in [1.54, 1.807) is 11.6 Å². The molecule has 0 unspecified atom stereocenters. The molecule has 2 aliphatic rings. The van der Waals surface area contributed by atoms with Crippen LogP contribution >= 0.6 is 0 Å². The predicted molar refractivity (Wildman–Crippen MR) is 111 cm³/mol. The fourth-order valence-corrected chi connectivity index (χ4v) is 5.25. The quantitative estimate of drug-likeness (QED) is 0.301. The molecule has 4 N–H and O–H groups in total. The van der Waals surface area contributed by atoms with Crippen LogP contribution in [0, 0.1) is 11.8 Å². The maximum Gasteiger partial charge on any atom is 0.324 e. The molecular formula is C23H32N2O4. The molecule has 0 saturated heterocycles. The highest BCUT2D eigenvalue weighted by Crippen LogP contribution is 2.44. The monoisotopic (exact) mass is 400 g/mol. The van der Waals surface area contributed by atoms with Gasteiger partial charge in [0.2, 0.25) is 0 Å². The molecular weight excluding hydrogens is 368 g/mol. The number of amides is 1. The standard InChI is InChI=1S/C23H32N2O4/c26-21(25-29)14-13-17-7-6-8-18(15-17)16-24-23(22(27)28,20-11-4-5-12-20)19-9-2-1-3-10-19/h6-8,13-15,19-20,24,29H,1-5,9-12,16H2,(H,25,26)(H,27,28)/b14-13+/t23-/m1/s1. The normalized spacial score (nSPS) is 20.6. The van der Waals surface area contributed by atoms with Crippen LogP contribution in [-0.2, 0) is 16.1 Å². The number of hydrogen-bond acceptors (Lipinski definition) is 4. The van der Waals surface area contributed by atoms with Gasteiger partial charge in [-0.2, -0.15) is 0 Å². The molecule has 6 nitrogen and oxygen atoms in total. The molecule has 29 heavy (non-hydrogen) atoms. The second-order valence-electron chi connectivity index (χ2n) is 8.40. The van der Waals surface area contributed by atoms with E-state index in [2.05, 4.69) is 5.32 Å². The van der Waals surface area contributed by atoms with Crippen molar-refractivity contribution in [1.82, 2.24) is 10.8 Å². The molecule has 0 bridgehead atoms. The highest BCUT2D eigenvalue weighted by molar-refractivity contribution is 5.90. The first-order valence-electron chi connectivity index (χ1n) is 10.8. The Morgan fingerprint density at radius 1 is 1.03 bits per heavy atom. The van der Waals surface area contributed by atoms with Gasteiger partial charge in [0.1, 0.15) is 5.54 Å². The van der Waals surface area contributed by atoms with Gasteiger partial charge >= 0.3 is 5.97 Å². The minimum Gasteiger partial charge on any atom is -0.480 e. The van der Waals surface area contributed by atoms with E-state index in [1.165, 1.54) is 12.5 Å². The van der Waals surface area contributed by atoms with Gasteiger partial charge in [-0.15, -0.1) is 0 Å². The van der Waals surface area contributed by atoms with Crippen LogP contribution in [0.4, 0.5) is 0 Å². The summed E-state index contributed by atoms with van der Waals surface area (Å²) >= 11 is 0. The van der Waals surface area contributed by atoms with Crippen LogP contribution in [0.3, 0.4) is 0 Å². The summed E-state index contributed by atoms with van der Waals surface area (Å²) in [6, 6.07) is 7.67. The highest BCUT2D eigenvalue weighted by Gasteiger charge is 2.51. The number of hydrogen-bond donors (Lipinski definition) is 4. The van der Waals surface area contributed by atoms with Crippen molar-refractivity contribution in [3.05, 3.63) is 41.5 Å². The van der Waals surface area contributed by atoms with Gasteiger partial charge in [-0.1, -0.05) is 56.4 Å². The Kier molecular flexibility index (Phi) is 7.45. The number of hydroxylamine groups is 1. The third-order valence-electron chi connectivity index (χ3n) is 6.68. The molecule has 1 atom stereocenters. The molecule has 0 radical (unpaired) electrons. The van der Waals surface area contributed by atoms with Gasteiger partial charge in [-0.25, -0.2) is 5.48 Å². The molecule has 1 aromatic carbocycles. The molecule has 1 aromatic rings. The first-order valence-corrected chi connectivity index (χ1v) is 10.8. The van der Waals surface area contributed by atoms with Crippen LogP contribution in [0.15, 0.2) is 30.3 Å². The number of nitrogens with one attached hydrogen (secondary N) is 2. The molecule has 0 spiro atoms. The van der Waals surface area contributed by atoms with E-state index in [1.807, 2.05) is 24.3 Å². The van der Waals surface area contributed by atoms with Crippen LogP contribution in [-0.4, -0.2) is 27.7 Å². The van der Waals surface area contributed by atoms with Crippen LogP contribution in [0.1, 0.15) is 68.9 Å². The van der Waals surface area contributed by atoms with E-state index in [4.69, 9.17) is 5.21 Å². The summed E-state index contributed by atoms with van der Waals surface area (Å²) in [5.41, 5.74) is 2.52. The van der Waals surface area contributed by atoms with Crippen molar-refractivity contribution < 1.29 is 19.9 Å². The molecule has 6 heteroatoms. The minimum absolute atomic E-state index is 0.174. The topological polar surface area (TPSA) is 98.7 Å². The number of carboxylic acids is 1. The number of rotatable bonds is 8. The van der Waals surface area contributed by atoms with Gasteiger partial charge in [-0.05, 0) is 54.7 Å². The Morgan fingerprint density at radius 2 is 1.66 bits per heavy atom. The van der Waals surface area contributed by atoms with Gasteiger partial charge in [0.25, 0.3) is 5.91 Å². The van der Waals surface area contributed by atoms with E-state index < -0.39 is 17.4 Å². The van der Waals surface area contributed by atoms with Gasteiger partial charge in [0.15, 0.2) is 0 Å². The second kappa shape index (κ2) is 10.0. The summed E-state index contributed by atoms with van der Waals surface area (Å²) in [6.45, 7) is 0.479. The van der Waals surface area contributed by atoms with Crippen LogP contribution < -0.4 is 10.8 Å². The Labute approximate surface area is 172 Å². The second-order valence-corrected chi connectivity index (χ2v) is 8.40.